The van der Waals surface area contributed by atoms with Gasteiger partial charge in [-0.3, -0.25) is 4.79 Å². The van der Waals surface area contributed by atoms with Gasteiger partial charge >= 0.3 is 5.97 Å². The number of carboxylic acids is 1. The first-order chi connectivity index (χ1) is 9.00. The van der Waals surface area contributed by atoms with Gasteiger partial charge in [-0.15, -0.1) is 0 Å². The molecule has 2 heterocycles. The number of hydrogen-bond donors (Lipinski definition) is 1. The van der Waals surface area contributed by atoms with Gasteiger partial charge in [0.05, 0.1) is 6.04 Å². The average molecular weight is 266 g/mol. The van der Waals surface area contributed by atoms with E-state index in [2.05, 4.69) is 4.57 Å². The maximum absolute atomic E-state index is 12.0. The molecule has 1 aromatic heterocycles. The molecule has 2 rings (SSSR count). The van der Waals surface area contributed by atoms with E-state index < -0.39 is 12.6 Å². The van der Waals surface area contributed by atoms with Crippen molar-refractivity contribution in [3.8, 4) is 0 Å². The Morgan fingerprint density at radius 3 is 2.79 bits per heavy atom. The monoisotopic (exact) mass is 266 g/mol. The largest absolute Gasteiger partial charge is 0.480 e. The lowest BCUT2D eigenvalue weighted by Crippen LogP contribution is -2.42. The fourth-order valence-electron chi connectivity index (χ4n) is 2.47. The number of aryl methyl sites for hydroxylation is 1. The molecule has 0 radical (unpaired) electrons. The van der Waals surface area contributed by atoms with Gasteiger partial charge in [0, 0.05) is 24.5 Å². The first kappa shape index (κ1) is 13.6. The third-order valence-electron chi connectivity index (χ3n) is 3.46. The second kappa shape index (κ2) is 5.44. The van der Waals surface area contributed by atoms with Crippen LogP contribution in [0.3, 0.4) is 0 Å². The molecule has 1 amide bonds. The fourth-order valence-corrected chi connectivity index (χ4v) is 2.47. The molecule has 1 aliphatic rings. The van der Waals surface area contributed by atoms with E-state index >= 15 is 0 Å². The number of fused-ring (bicyclic) bond motifs is 1. The summed E-state index contributed by atoms with van der Waals surface area (Å²) in [5.41, 5.74) is 2.30. The van der Waals surface area contributed by atoms with Gasteiger partial charge in [-0.2, -0.15) is 0 Å². The molecule has 1 aromatic rings. The van der Waals surface area contributed by atoms with Crippen LogP contribution < -0.4 is 0 Å². The van der Waals surface area contributed by atoms with E-state index in [-0.39, 0.29) is 18.6 Å². The van der Waals surface area contributed by atoms with Gasteiger partial charge in [-0.25, -0.2) is 4.79 Å². The zero-order valence-electron chi connectivity index (χ0n) is 11.1. The van der Waals surface area contributed by atoms with Crippen LogP contribution in [0.5, 0.6) is 0 Å². The van der Waals surface area contributed by atoms with Crippen LogP contribution in [0.25, 0.3) is 0 Å². The van der Waals surface area contributed by atoms with Crippen molar-refractivity contribution in [2.75, 3.05) is 19.8 Å². The molecule has 19 heavy (non-hydrogen) atoms. The van der Waals surface area contributed by atoms with E-state index in [0.717, 1.165) is 12.2 Å². The molecule has 0 saturated carbocycles. The molecular weight excluding hydrogens is 248 g/mol. The Balaban J connectivity index is 1.99. The first-order valence-electron chi connectivity index (χ1n) is 6.25. The maximum Gasteiger partial charge on any atom is 0.329 e. The summed E-state index contributed by atoms with van der Waals surface area (Å²) in [5, 5.41) is 8.47. The Morgan fingerprint density at radius 2 is 2.11 bits per heavy atom. The number of rotatable bonds is 4. The van der Waals surface area contributed by atoms with E-state index in [0.29, 0.717) is 6.54 Å². The molecule has 1 atom stereocenters. The highest BCUT2D eigenvalue weighted by Crippen LogP contribution is 2.27. The molecule has 6 heteroatoms. The standard InChI is InChI=1S/C13H18N2O4/c1-9-3-4-11-10(2)15(6-5-14(9)11)12(16)7-19-8-13(17)18/h3-4,10H,5-8H2,1-2H3,(H,17,18). The predicted molar refractivity (Wildman–Crippen MR) is 67.8 cm³/mol. The number of carbonyl (C=O) groups excluding carboxylic acids is 1. The highest BCUT2D eigenvalue weighted by Gasteiger charge is 2.28. The summed E-state index contributed by atoms with van der Waals surface area (Å²) in [4.78, 5) is 24.1. The highest BCUT2D eigenvalue weighted by molar-refractivity contribution is 5.78. The third-order valence-corrected chi connectivity index (χ3v) is 3.46. The topological polar surface area (TPSA) is 71.8 Å². The minimum atomic E-state index is -1.07. The van der Waals surface area contributed by atoms with Crippen molar-refractivity contribution in [2.45, 2.75) is 26.4 Å². The van der Waals surface area contributed by atoms with Crippen molar-refractivity contribution in [3.63, 3.8) is 0 Å². The quantitative estimate of drug-likeness (QED) is 0.875. The number of carboxylic acid groups (broad SMARTS) is 1. The van der Waals surface area contributed by atoms with Crippen LogP contribution in [0.2, 0.25) is 0 Å². The van der Waals surface area contributed by atoms with Gasteiger partial charge in [0.2, 0.25) is 5.91 Å². The van der Waals surface area contributed by atoms with Crippen molar-refractivity contribution in [3.05, 3.63) is 23.5 Å². The molecule has 0 spiro atoms. The van der Waals surface area contributed by atoms with Crippen LogP contribution in [0.4, 0.5) is 0 Å². The minimum Gasteiger partial charge on any atom is -0.480 e. The van der Waals surface area contributed by atoms with Gasteiger partial charge in [-0.05, 0) is 26.0 Å². The lowest BCUT2D eigenvalue weighted by atomic mass is 10.1. The molecule has 1 aliphatic heterocycles. The summed E-state index contributed by atoms with van der Waals surface area (Å²) in [6.45, 7) is 4.78. The van der Waals surface area contributed by atoms with Gasteiger partial charge in [0.1, 0.15) is 13.2 Å². The van der Waals surface area contributed by atoms with Crippen molar-refractivity contribution >= 4 is 11.9 Å². The molecule has 0 fully saturated rings. The van der Waals surface area contributed by atoms with Crippen LogP contribution in [0.15, 0.2) is 12.1 Å². The van der Waals surface area contributed by atoms with Crippen LogP contribution in [-0.4, -0.2) is 46.2 Å². The Labute approximate surface area is 111 Å². The third kappa shape index (κ3) is 2.78. The van der Waals surface area contributed by atoms with Crippen molar-refractivity contribution in [1.29, 1.82) is 0 Å². The summed E-state index contributed by atoms with van der Waals surface area (Å²) in [5.74, 6) is -1.23. The molecule has 0 bridgehead atoms. The smallest absolute Gasteiger partial charge is 0.329 e. The number of ether oxygens (including phenoxy) is 1. The van der Waals surface area contributed by atoms with Gasteiger partial charge in [-0.1, -0.05) is 0 Å². The minimum absolute atomic E-state index is 0.0108. The van der Waals surface area contributed by atoms with E-state index in [1.54, 1.807) is 4.90 Å². The average Bonchev–Trinajstić information content (AvgIpc) is 2.72. The SMILES string of the molecule is Cc1ccc2n1CCN(C(=O)COCC(=O)O)C2C. The zero-order valence-corrected chi connectivity index (χ0v) is 11.1. The molecule has 1 unspecified atom stereocenters. The number of amides is 1. The maximum atomic E-state index is 12.0. The molecule has 6 nitrogen and oxygen atoms in total. The number of nitrogens with zero attached hydrogens (tertiary/aromatic N) is 2. The van der Waals surface area contributed by atoms with Crippen LogP contribution in [0.1, 0.15) is 24.4 Å². The van der Waals surface area contributed by atoms with Crippen molar-refractivity contribution in [2.24, 2.45) is 0 Å². The second-order valence-corrected chi connectivity index (χ2v) is 4.70. The van der Waals surface area contributed by atoms with Crippen LogP contribution >= 0.6 is 0 Å². The van der Waals surface area contributed by atoms with Gasteiger partial charge in [0.15, 0.2) is 0 Å². The lowest BCUT2D eigenvalue weighted by molar-refractivity contribution is -0.147. The van der Waals surface area contributed by atoms with E-state index in [4.69, 9.17) is 9.84 Å². The Bertz CT molecular complexity index is 495. The number of aliphatic carboxylic acids is 1. The molecule has 0 aliphatic carbocycles. The summed E-state index contributed by atoms with van der Waals surface area (Å²) in [7, 11) is 0. The van der Waals surface area contributed by atoms with Crippen LogP contribution in [-0.2, 0) is 20.9 Å². The number of aromatic nitrogens is 1. The molecule has 0 saturated heterocycles. The van der Waals surface area contributed by atoms with Crippen molar-refractivity contribution in [1.82, 2.24) is 9.47 Å². The van der Waals surface area contributed by atoms with E-state index in [1.807, 2.05) is 26.0 Å². The summed E-state index contributed by atoms with van der Waals surface area (Å²) in [6.07, 6.45) is 0. The molecular formula is C13H18N2O4. The normalized spacial score (nSPS) is 18.2. The summed E-state index contributed by atoms with van der Waals surface area (Å²) < 4.78 is 7.05. The van der Waals surface area contributed by atoms with Crippen molar-refractivity contribution < 1.29 is 19.4 Å². The Morgan fingerprint density at radius 1 is 1.37 bits per heavy atom. The Kier molecular flexibility index (Phi) is 3.90. The first-order valence-corrected chi connectivity index (χ1v) is 6.25. The van der Waals surface area contributed by atoms with Crippen LogP contribution in [0, 0.1) is 6.92 Å². The molecule has 0 aromatic carbocycles. The fraction of sp³-hybridized carbons (Fsp3) is 0.538. The second-order valence-electron chi connectivity index (χ2n) is 4.70. The zero-order chi connectivity index (χ0) is 14.0. The summed E-state index contributed by atoms with van der Waals surface area (Å²) in [6, 6.07) is 4.06. The number of carbonyl (C=O) groups is 2. The highest BCUT2D eigenvalue weighted by atomic mass is 16.5. The molecule has 1 N–H and O–H groups in total. The van der Waals surface area contributed by atoms with Gasteiger partial charge < -0.3 is 19.3 Å². The molecule has 104 valence electrons. The number of hydrogen-bond acceptors (Lipinski definition) is 3. The summed E-state index contributed by atoms with van der Waals surface area (Å²) >= 11 is 0. The Hall–Kier alpha value is -1.82. The van der Waals surface area contributed by atoms with Gasteiger partial charge in [0.25, 0.3) is 0 Å². The lowest BCUT2D eigenvalue weighted by Gasteiger charge is -2.35. The van der Waals surface area contributed by atoms with E-state index in [1.165, 1.54) is 5.69 Å². The predicted octanol–water partition coefficient (Wildman–Crippen LogP) is 0.801. The van der Waals surface area contributed by atoms with E-state index in [9.17, 15) is 9.59 Å².